The van der Waals surface area contributed by atoms with Gasteiger partial charge in [-0.05, 0) is 29.9 Å². The number of carboxylic acid groups (broad SMARTS) is 1. The molecule has 5 nitrogen and oxygen atoms in total. The zero-order valence-electron chi connectivity index (χ0n) is 13.6. The van der Waals surface area contributed by atoms with Crippen molar-refractivity contribution in [3.05, 3.63) is 35.4 Å². The molecular weight excluding hydrogens is 280 g/mol. The van der Waals surface area contributed by atoms with Gasteiger partial charge in [-0.3, -0.25) is 4.79 Å². The van der Waals surface area contributed by atoms with Crippen molar-refractivity contribution in [2.75, 3.05) is 20.1 Å². The van der Waals surface area contributed by atoms with Gasteiger partial charge in [0.05, 0.1) is 6.42 Å². The molecule has 0 radical (unpaired) electrons. The van der Waals surface area contributed by atoms with Crippen LogP contribution in [0.4, 0.5) is 4.79 Å². The molecule has 0 bridgehead atoms. The summed E-state index contributed by atoms with van der Waals surface area (Å²) in [5, 5.41) is 11.4. The minimum absolute atomic E-state index is 0.0356. The van der Waals surface area contributed by atoms with Gasteiger partial charge in [-0.15, -0.1) is 0 Å². The van der Waals surface area contributed by atoms with Crippen molar-refractivity contribution in [2.45, 2.75) is 39.0 Å². The summed E-state index contributed by atoms with van der Waals surface area (Å²) >= 11 is 0. The molecule has 1 aromatic rings. The Morgan fingerprint density at radius 3 is 2.41 bits per heavy atom. The molecule has 122 valence electrons. The topological polar surface area (TPSA) is 69.6 Å². The van der Waals surface area contributed by atoms with Gasteiger partial charge in [0.2, 0.25) is 0 Å². The Morgan fingerprint density at radius 1 is 1.23 bits per heavy atom. The molecule has 22 heavy (non-hydrogen) atoms. The van der Waals surface area contributed by atoms with Crippen molar-refractivity contribution in [2.24, 2.45) is 0 Å². The Hall–Kier alpha value is -2.04. The Kier molecular flexibility index (Phi) is 7.43. The lowest BCUT2D eigenvalue weighted by Crippen LogP contribution is -2.38. The van der Waals surface area contributed by atoms with Crippen molar-refractivity contribution < 1.29 is 14.7 Å². The Bertz CT molecular complexity index is 483. The molecule has 0 spiro atoms. The molecule has 5 heteroatoms. The number of carbonyl (C=O) groups is 2. The van der Waals surface area contributed by atoms with Crippen molar-refractivity contribution in [1.29, 1.82) is 0 Å². The third-order valence-electron chi connectivity index (χ3n) is 3.57. The summed E-state index contributed by atoms with van der Waals surface area (Å²) in [4.78, 5) is 23.6. The predicted octanol–water partition coefficient (Wildman–Crippen LogP) is 2.86. The molecule has 0 saturated heterocycles. The van der Waals surface area contributed by atoms with Crippen LogP contribution in [0.2, 0.25) is 0 Å². The average molecular weight is 306 g/mol. The third kappa shape index (κ3) is 6.61. The van der Waals surface area contributed by atoms with Gasteiger partial charge in [0.25, 0.3) is 0 Å². The third-order valence-corrected chi connectivity index (χ3v) is 3.57. The van der Waals surface area contributed by atoms with E-state index < -0.39 is 5.97 Å². The molecule has 0 saturated carbocycles. The standard InChI is InChI=1S/C17H26N2O3/c1-13(2)15-8-6-14(7-9-15)5-4-11-18-17(22)19(3)12-10-16(20)21/h6-9,13H,4-5,10-12H2,1-3H3,(H,18,22)(H,20,21). The predicted molar refractivity (Wildman–Crippen MR) is 87.1 cm³/mol. The number of amides is 2. The first-order valence-corrected chi connectivity index (χ1v) is 7.69. The van der Waals surface area contributed by atoms with Crippen LogP contribution in [0.15, 0.2) is 24.3 Å². The lowest BCUT2D eigenvalue weighted by molar-refractivity contribution is -0.137. The van der Waals surface area contributed by atoms with Crippen molar-refractivity contribution in [1.82, 2.24) is 10.2 Å². The van der Waals surface area contributed by atoms with E-state index in [9.17, 15) is 9.59 Å². The van der Waals surface area contributed by atoms with Gasteiger partial charge >= 0.3 is 12.0 Å². The van der Waals surface area contributed by atoms with Gasteiger partial charge in [0.15, 0.2) is 0 Å². The molecule has 0 aliphatic carbocycles. The number of urea groups is 1. The first-order valence-electron chi connectivity index (χ1n) is 7.69. The van der Waals surface area contributed by atoms with Gasteiger partial charge in [-0.25, -0.2) is 4.79 Å². The molecule has 0 aromatic heterocycles. The normalized spacial score (nSPS) is 10.5. The Labute approximate surface area is 132 Å². The fourth-order valence-electron chi connectivity index (χ4n) is 2.06. The summed E-state index contributed by atoms with van der Waals surface area (Å²) in [7, 11) is 1.60. The molecule has 0 fully saturated rings. The van der Waals surface area contributed by atoms with Gasteiger partial charge in [0, 0.05) is 20.1 Å². The first kappa shape index (κ1) is 18.0. The monoisotopic (exact) mass is 306 g/mol. The molecule has 0 heterocycles. The fraction of sp³-hybridized carbons (Fsp3) is 0.529. The van der Waals surface area contributed by atoms with E-state index in [0.717, 1.165) is 12.8 Å². The summed E-state index contributed by atoms with van der Waals surface area (Å²) < 4.78 is 0. The molecule has 0 aliphatic rings. The second-order valence-electron chi connectivity index (χ2n) is 5.80. The maximum atomic E-state index is 11.7. The van der Waals surface area contributed by atoms with Crippen LogP contribution in [0, 0.1) is 0 Å². The first-order chi connectivity index (χ1) is 10.4. The summed E-state index contributed by atoms with van der Waals surface area (Å²) in [6.45, 7) is 5.15. The SMILES string of the molecule is CC(C)c1ccc(CCCNC(=O)N(C)CCC(=O)O)cc1. The van der Waals surface area contributed by atoms with Crippen LogP contribution in [0.1, 0.15) is 43.7 Å². The van der Waals surface area contributed by atoms with Crippen LogP contribution in [0.5, 0.6) is 0 Å². The summed E-state index contributed by atoms with van der Waals surface area (Å²) in [5.41, 5.74) is 2.59. The van der Waals surface area contributed by atoms with Gasteiger partial charge in [0.1, 0.15) is 0 Å². The number of nitrogens with one attached hydrogen (secondary N) is 1. The van der Waals surface area contributed by atoms with Crippen LogP contribution >= 0.6 is 0 Å². The van der Waals surface area contributed by atoms with Gasteiger partial charge in [-0.1, -0.05) is 38.1 Å². The lowest BCUT2D eigenvalue weighted by atomic mass is 10.0. The van der Waals surface area contributed by atoms with Crippen molar-refractivity contribution in [3.8, 4) is 0 Å². The quantitative estimate of drug-likeness (QED) is 0.726. The van der Waals surface area contributed by atoms with E-state index in [0.29, 0.717) is 12.5 Å². The van der Waals surface area contributed by atoms with E-state index in [-0.39, 0.29) is 19.0 Å². The molecule has 0 aliphatic heterocycles. The van der Waals surface area contributed by atoms with Crippen LogP contribution in [0.25, 0.3) is 0 Å². The largest absolute Gasteiger partial charge is 0.481 e. The highest BCUT2D eigenvalue weighted by molar-refractivity contribution is 5.74. The number of hydrogen-bond acceptors (Lipinski definition) is 2. The molecule has 1 aromatic carbocycles. The molecule has 0 atom stereocenters. The maximum Gasteiger partial charge on any atom is 0.317 e. The Balaban J connectivity index is 2.24. The molecule has 1 rings (SSSR count). The number of carbonyl (C=O) groups excluding carboxylic acids is 1. The van der Waals surface area contributed by atoms with Crippen molar-refractivity contribution in [3.63, 3.8) is 0 Å². The lowest BCUT2D eigenvalue weighted by Gasteiger charge is -2.16. The highest BCUT2D eigenvalue weighted by Crippen LogP contribution is 2.15. The van der Waals surface area contributed by atoms with Gasteiger partial charge in [-0.2, -0.15) is 0 Å². The minimum atomic E-state index is -0.899. The number of aryl methyl sites for hydroxylation is 1. The number of nitrogens with zero attached hydrogens (tertiary/aromatic N) is 1. The van der Waals surface area contributed by atoms with E-state index in [1.54, 1.807) is 7.05 Å². The number of rotatable bonds is 8. The van der Waals surface area contributed by atoms with Gasteiger partial charge < -0.3 is 15.3 Å². The highest BCUT2D eigenvalue weighted by Gasteiger charge is 2.09. The number of carboxylic acids is 1. The second kappa shape index (κ2) is 9.07. The fourth-order valence-corrected chi connectivity index (χ4v) is 2.06. The maximum absolute atomic E-state index is 11.7. The number of benzene rings is 1. The van der Waals surface area contributed by atoms with E-state index in [1.165, 1.54) is 16.0 Å². The summed E-state index contributed by atoms with van der Waals surface area (Å²) in [5.74, 6) is -0.362. The molecule has 0 unspecified atom stereocenters. The number of hydrogen-bond donors (Lipinski definition) is 2. The molecule has 2 amide bonds. The van der Waals surface area contributed by atoms with Crippen LogP contribution in [-0.4, -0.2) is 42.1 Å². The zero-order chi connectivity index (χ0) is 16.5. The van der Waals surface area contributed by atoms with Crippen LogP contribution < -0.4 is 5.32 Å². The van der Waals surface area contributed by atoms with Crippen molar-refractivity contribution >= 4 is 12.0 Å². The Morgan fingerprint density at radius 2 is 1.86 bits per heavy atom. The second-order valence-corrected chi connectivity index (χ2v) is 5.80. The smallest absolute Gasteiger partial charge is 0.317 e. The zero-order valence-corrected chi connectivity index (χ0v) is 13.6. The molecular formula is C17H26N2O3. The van der Waals surface area contributed by atoms with Crippen LogP contribution in [-0.2, 0) is 11.2 Å². The highest BCUT2D eigenvalue weighted by atomic mass is 16.4. The van der Waals surface area contributed by atoms with E-state index in [4.69, 9.17) is 5.11 Å². The van der Waals surface area contributed by atoms with E-state index >= 15 is 0 Å². The number of aliphatic carboxylic acids is 1. The summed E-state index contributed by atoms with van der Waals surface area (Å²) in [6.07, 6.45) is 1.74. The summed E-state index contributed by atoms with van der Waals surface area (Å²) in [6, 6.07) is 8.35. The van der Waals surface area contributed by atoms with E-state index in [1.807, 2.05) is 0 Å². The van der Waals surface area contributed by atoms with Crippen LogP contribution in [0.3, 0.4) is 0 Å². The average Bonchev–Trinajstić information content (AvgIpc) is 2.49. The molecule has 2 N–H and O–H groups in total. The minimum Gasteiger partial charge on any atom is -0.481 e. The van der Waals surface area contributed by atoms with E-state index in [2.05, 4.69) is 43.4 Å².